The molecule has 164 valence electrons. The largest absolute Gasteiger partial charge is 0.379 e. The maximum atomic E-state index is 12.9. The third-order valence-corrected chi connectivity index (χ3v) is 7.41. The number of rotatable bonds is 8. The van der Waals surface area contributed by atoms with E-state index in [2.05, 4.69) is 17.3 Å². The van der Waals surface area contributed by atoms with Crippen LogP contribution in [0.5, 0.6) is 0 Å². The number of nitro benzene ring substituents is 1. The molecule has 0 amide bonds. The van der Waals surface area contributed by atoms with Crippen LogP contribution in [0.15, 0.2) is 29.2 Å². The normalized spacial score (nSPS) is 16.0. The second kappa shape index (κ2) is 9.13. The molecule has 1 aliphatic rings. The number of nitrogens with zero attached hydrogens (tertiary/aromatic N) is 4. The monoisotopic (exact) mass is 435 g/mol. The summed E-state index contributed by atoms with van der Waals surface area (Å²) < 4.78 is 29.1. The molecule has 1 saturated heterocycles. The fourth-order valence-corrected chi connectivity index (χ4v) is 5.19. The molecule has 0 saturated carbocycles. The summed E-state index contributed by atoms with van der Waals surface area (Å²) in [6.07, 6.45) is 2.33. The van der Waals surface area contributed by atoms with Crippen molar-refractivity contribution in [3.8, 4) is 0 Å². The maximum absolute atomic E-state index is 12.9. The van der Waals surface area contributed by atoms with Gasteiger partial charge in [-0.25, -0.2) is 8.42 Å². The Morgan fingerprint density at radius 3 is 2.53 bits per heavy atom. The first-order valence-corrected chi connectivity index (χ1v) is 11.7. The molecule has 0 unspecified atom stereocenters. The van der Waals surface area contributed by atoms with Gasteiger partial charge in [-0.3, -0.25) is 14.8 Å². The molecule has 10 heteroatoms. The fraction of sp³-hybridized carbons (Fsp3) is 0.550. The van der Waals surface area contributed by atoms with Crippen LogP contribution in [0.25, 0.3) is 0 Å². The lowest BCUT2D eigenvalue weighted by Gasteiger charge is -2.29. The summed E-state index contributed by atoms with van der Waals surface area (Å²) in [6.45, 7) is 8.12. The highest BCUT2D eigenvalue weighted by Crippen LogP contribution is 2.30. The molecule has 0 bridgehead atoms. The molecule has 1 aromatic carbocycles. The molecule has 2 heterocycles. The Labute approximate surface area is 177 Å². The van der Waals surface area contributed by atoms with Crippen LogP contribution >= 0.6 is 0 Å². The van der Waals surface area contributed by atoms with Crippen LogP contribution in [0.1, 0.15) is 37.6 Å². The molecule has 1 N–H and O–H groups in total. The van der Waals surface area contributed by atoms with Crippen LogP contribution in [-0.4, -0.2) is 47.1 Å². The summed E-state index contributed by atoms with van der Waals surface area (Å²) in [4.78, 5) is 11.0. The molecule has 0 aliphatic carbocycles. The van der Waals surface area contributed by atoms with E-state index in [9.17, 15) is 18.5 Å². The molecule has 1 aliphatic heterocycles. The Bertz CT molecular complexity index is 1010. The lowest BCUT2D eigenvalue weighted by atomic mass is 10.0. The maximum Gasteiger partial charge on any atom is 0.293 e. The predicted molar refractivity (Wildman–Crippen MR) is 115 cm³/mol. The van der Waals surface area contributed by atoms with Gasteiger partial charge in [-0.05, 0) is 57.2 Å². The van der Waals surface area contributed by atoms with Crippen LogP contribution < -0.4 is 5.32 Å². The third-order valence-electron chi connectivity index (χ3n) is 5.51. The van der Waals surface area contributed by atoms with E-state index in [1.807, 2.05) is 24.6 Å². The number of aryl methyl sites for hydroxylation is 3. The molecule has 0 spiro atoms. The molecule has 2 aromatic rings. The van der Waals surface area contributed by atoms with Crippen molar-refractivity contribution in [3.63, 3.8) is 0 Å². The van der Waals surface area contributed by atoms with E-state index in [-0.39, 0.29) is 10.6 Å². The quantitative estimate of drug-likeness (QED) is 0.387. The minimum atomic E-state index is -3.73. The van der Waals surface area contributed by atoms with Gasteiger partial charge in [-0.15, -0.1) is 0 Å². The average Bonchev–Trinajstić information content (AvgIpc) is 3.02. The predicted octanol–water partition coefficient (Wildman–Crippen LogP) is 3.33. The Morgan fingerprint density at radius 1 is 1.23 bits per heavy atom. The van der Waals surface area contributed by atoms with Gasteiger partial charge in [0.05, 0.1) is 15.5 Å². The third kappa shape index (κ3) is 4.99. The van der Waals surface area contributed by atoms with Crippen LogP contribution in [0.2, 0.25) is 0 Å². The Hall–Kier alpha value is -2.46. The molecule has 1 fully saturated rings. The summed E-state index contributed by atoms with van der Waals surface area (Å²) >= 11 is 0. The van der Waals surface area contributed by atoms with E-state index in [0.717, 1.165) is 36.7 Å². The van der Waals surface area contributed by atoms with E-state index in [4.69, 9.17) is 0 Å². The Balaban J connectivity index is 1.69. The van der Waals surface area contributed by atoms with Crippen molar-refractivity contribution in [2.75, 3.05) is 25.0 Å². The summed E-state index contributed by atoms with van der Waals surface area (Å²) in [5, 5.41) is 19.0. The molecule has 0 radical (unpaired) electrons. The number of sulfonamides is 1. The van der Waals surface area contributed by atoms with Gasteiger partial charge in [-0.1, -0.05) is 6.92 Å². The smallest absolute Gasteiger partial charge is 0.293 e. The van der Waals surface area contributed by atoms with Gasteiger partial charge in [0.1, 0.15) is 5.69 Å². The van der Waals surface area contributed by atoms with Crippen molar-refractivity contribution in [2.45, 2.75) is 51.5 Å². The number of anilines is 1. The van der Waals surface area contributed by atoms with Crippen molar-refractivity contribution in [2.24, 2.45) is 5.92 Å². The minimum absolute atomic E-state index is 0.0306. The second-order valence-corrected chi connectivity index (χ2v) is 9.89. The van der Waals surface area contributed by atoms with Crippen LogP contribution in [-0.2, 0) is 16.6 Å². The summed E-state index contributed by atoms with van der Waals surface area (Å²) in [5.74, 6) is 0.492. The van der Waals surface area contributed by atoms with Crippen molar-refractivity contribution in [1.82, 2.24) is 14.1 Å². The second-order valence-electron chi connectivity index (χ2n) is 7.95. The zero-order valence-corrected chi connectivity index (χ0v) is 18.5. The number of piperidine rings is 1. The van der Waals surface area contributed by atoms with E-state index in [1.54, 1.807) is 0 Å². The highest BCUT2D eigenvalue weighted by atomic mass is 32.2. The lowest BCUT2D eigenvalue weighted by molar-refractivity contribution is -0.384. The van der Waals surface area contributed by atoms with Gasteiger partial charge in [0.2, 0.25) is 10.0 Å². The van der Waals surface area contributed by atoms with Crippen molar-refractivity contribution >= 4 is 21.4 Å². The Morgan fingerprint density at radius 2 is 1.93 bits per heavy atom. The number of hydrogen-bond acceptors (Lipinski definition) is 6. The van der Waals surface area contributed by atoms with Crippen LogP contribution in [0.4, 0.5) is 11.4 Å². The highest BCUT2D eigenvalue weighted by Gasteiger charge is 2.30. The standard InChI is InChI=1S/C20H29N5O4S/c1-15-7-11-23(12-8-15)30(28,29)18-5-6-19(20(14-18)25(26)27)21-9-4-10-24-17(3)13-16(2)22-24/h5-6,13-15,21H,4,7-12H2,1-3H3. The molecule has 9 nitrogen and oxygen atoms in total. The zero-order chi connectivity index (χ0) is 21.9. The molecular formula is C20H29N5O4S. The van der Waals surface area contributed by atoms with Crippen LogP contribution in [0, 0.1) is 29.9 Å². The number of aromatic nitrogens is 2. The Kier molecular flexibility index (Phi) is 6.77. The average molecular weight is 436 g/mol. The van der Waals surface area contributed by atoms with Crippen LogP contribution in [0.3, 0.4) is 0 Å². The topological polar surface area (TPSA) is 110 Å². The van der Waals surface area contributed by atoms with E-state index >= 15 is 0 Å². The van der Waals surface area contributed by atoms with Crippen molar-refractivity contribution < 1.29 is 13.3 Å². The SMILES string of the molecule is Cc1cc(C)n(CCCNc2ccc(S(=O)(=O)N3CCC(C)CC3)cc2[N+](=O)[O-])n1. The first-order chi connectivity index (χ1) is 14.2. The van der Waals surface area contributed by atoms with E-state index in [1.165, 1.54) is 16.4 Å². The van der Waals surface area contributed by atoms with Gasteiger partial charge in [0.25, 0.3) is 5.69 Å². The molecule has 30 heavy (non-hydrogen) atoms. The summed E-state index contributed by atoms with van der Waals surface area (Å²) in [6, 6.07) is 6.10. The van der Waals surface area contributed by atoms with Gasteiger partial charge < -0.3 is 5.32 Å². The number of nitrogens with one attached hydrogen (secondary N) is 1. The van der Waals surface area contributed by atoms with Crippen molar-refractivity contribution in [1.29, 1.82) is 0 Å². The molecule has 1 aromatic heterocycles. The molecular weight excluding hydrogens is 406 g/mol. The first-order valence-electron chi connectivity index (χ1n) is 10.2. The van der Waals surface area contributed by atoms with E-state index < -0.39 is 14.9 Å². The summed E-state index contributed by atoms with van der Waals surface area (Å²) in [5.41, 5.74) is 2.11. The fourth-order valence-electron chi connectivity index (χ4n) is 3.70. The lowest BCUT2D eigenvalue weighted by Crippen LogP contribution is -2.37. The first kappa shape index (κ1) is 22.2. The number of benzene rings is 1. The highest BCUT2D eigenvalue weighted by molar-refractivity contribution is 7.89. The van der Waals surface area contributed by atoms with Crippen molar-refractivity contribution in [3.05, 3.63) is 45.8 Å². The molecule has 3 rings (SSSR count). The van der Waals surface area contributed by atoms with E-state index in [0.29, 0.717) is 37.8 Å². The van der Waals surface area contributed by atoms with Gasteiger partial charge in [-0.2, -0.15) is 9.40 Å². The van der Waals surface area contributed by atoms with Gasteiger partial charge in [0, 0.05) is 37.9 Å². The minimum Gasteiger partial charge on any atom is -0.379 e. The number of hydrogen-bond donors (Lipinski definition) is 1. The van der Waals surface area contributed by atoms with Gasteiger partial charge in [0.15, 0.2) is 0 Å². The number of nitro groups is 1. The zero-order valence-electron chi connectivity index (χ0n) is 17.7. The summed E-state index contributed by atoms with van der Waals surface area (Å²) in [7, 11) is -3.73. The van der Waals surface area contributed by atoms with Gasteiger partial charge >= 0.3 is 0 Å². The molecule has 0 atom stereocenters.